The molecule has 0 aliphatic carbocycles. The molecule has 152 valence electrons. The van der Waals surface area contributed by atoms with Crippen molar-refractivity contribution in [3.8, 4) is 6.01 Å². The highest BCUT2D eigenvalue weighted by Gasteiger charge is 2.45. The van der Waals surface area contributed by atoms with Gasteiger partial charge in [0.15, 0.2) is 0 Å². The zero-order chi connectivity index (χ0) is 19.8. The van der Waals surface area contributed by atoms with Crippen LogP contribution in [-0.4, -0.2) is 58.5 Å². The average molecular weight is 393 g/mol. The summed E-state index contributed by atoms with van der Waals surface area (Å²) in [6, 6.07) is 12.4. The topological polar surface area (TPSA) is 58.6 Å². The minimum Gasteiger partial charge on any atom is -0.467 e. The molecular weight excluding hydrogens is 364 g/mol. The second-order valence-electron chi connectivity index (χ2n) is 8.65. The van der Waals surface area contributed by atoms with E-state index in [4.69, 9.17) is 4.74 Å². The highest BCUT2D eigenvalue weighted by atomic mass is 16.5. The number of piperidine rings is 3. The van der Waals surface area contributed by atoms with Crippen molar-refractivity contribution in [3.63, 3.8) is 0 Å². The fourth-order valence-corrected chi connectivity index (χ4v) is 5.72. The van der Waals surface area contributed by atoms with E-state index >= 15 is 0 Å². The predicted molar refractivity (Wildman–Crippen MR) is 110 cm³/mol. The van der Waals surface area contributed by atoms with Gasteiger partial charge in [-0.3, -0.25) is 9.69 Å². The Bertz CT molecular complexity index is 857. The summed E-state index contributed by atoms with van der Waals surface area (Å²) in [6.07, 6.45) is 8.15. The molecule has 2 aromatic rings. The molecule has 3 aliphatic rings. The first kappa shape index (κ1) is 18.6. The van der Waals surface area contributed by atoms with Crippen molar-refractivity contribution in [1.29, 1.82) is 0 Å². The average Bonchev–Trinajstić information content (AvgIpc) is 2.79. The molecule has 3 saturated heterocycles. The van der Waals surface area contributed by atoms with E-state index in [-0.39, 0.29) is 5.91 Å². The van der Waals surface area contributed by atoms with Crippen LogP contribution in [0.3, 0.4) is 0 Å². The van der Waals surface area contributed by atoms with Gasteiger partial charge in [-0.05, 0) is 43.1 Å². The van der Waals surface area contributed by atoms with Crippen molar-refractivity contribution in [3.05, 3.63) is 53.9 Å². The number of aromatic nitrogens is 2. The van der Waals surface area contributed by atoms with Gasteiger partial charge in [-0.2, -0.15) is 0 Å². The lowest BCUT2D eigenvalue weighted by atomic mass is 9.74. The molecule has 6 heteroatoms. The van der Waals surface area contributed by atoms with E-state index in [1.54, 1.807) is 12.4 Å². The van der Waals surface area contributed by atoms with E-state index in [0.717, 1.165) is 19.6 Å². The van der Waals surface area contributed by atoms with Gasteiger partial charge in [0.25, 0.3) is 5.91 Å². The van der Waals surface area contributed by atoms with Crippen molar-refractivity contribution in [2.45, 2.75) is 37.8 Å². The Morgan fingerprint density at radius 2 is 1.86 bits per heavy atom. The highest BCUT2D eigenvalue weighted by molar-refractivity contribution is 5.93. The van der Waals surface area contributed by atoms with Crippen LogP contribution in [-0.2, 0) is 0 Å². The molecule has 0 spiro atoms. The maximum absolute atomic E-state index is 13.1. The molecule has 5 rings (SSSR count). The molecule has 4 heterocycles. The number of hydrogen-bond acceptors (Lipinski definition) is 5. The molecule has 1 amide bonds. The lowest BCUT2D eigenvalue weighted by Crippen LogP contribution is -2.60. The molecule has 2 bridgehead atoms. The summed E-state index contributed by atoms with van der Waals surface area (Å²) in [6.45, 7) is 2.75. The molecule has 0 radical (unpaired) electrons. The number of hydrogen-bond donors (Lipinski definition) is 0. The predicted octanol–water partition coefficient (Wildman–Crippen LogP) is 3.17. The smallest absolute Gasteiger partial charge is 0.316 e. The van der Waals surface area contributed by atoms with Crippen molar-refractivity contribution >= 4 is 5.91 Å². The molecule has 1 aromatic carbocycles. The second kappa shape index (κ2) is 7.75. The van der Waals surface area contributed by atoms with Crippen LogP contribution in [0, 0.1) is 11.8 Å². The number of benzene rings is 1. The van der Waals surface area contributed by atoms with Crippen LogP contribution in [0.25, 0.3) is 0 Å². The van der Waals surface area contributed by atoms with E-state index in [1.165, 1.54) is 38.4 Å². The number of nitrogens with zero attached hydrogens (tertiary/aromatic N) is 4. The molecule has 1 aromatic heterocycles. The first-order chi connectivity index (χ1) is 14.2. The number of fused-ring (bicyclic) bond motifs is 4. The number of carbonyl (C=O) groups excluding carboxylic acids is 1. The summed E-state index contributed by atoms with van der Waals surface area (Å²) in [7, 11) is 1.53. The molecular formula is C23H28N4O2. The third kappa shape index (κ3) is 3.50. The standard InChI is InChI=1S/C23H28N4O2/c1-29-23-24-11-19(12-25-23)22(28)26-13-16-10-18(15-26)21-9-5-8-20(27(21)14-16)17-6-3-2-4-7-17/h2-4,6-7,11-12,16,18,20-21H,5,8-10,13-15H2,1H3/t16-,18+,20+,21-/m0/s1. The van der Waals surface area contributed by atoms with Gasteiger partial charge in [-0.15, -0.1) is 0 Å². The van der Waals surface area contributed by atoms with E-state index in [2.05, 4.69) is 45.2 Å². The maximum atomic E-state index is 13.1. The third-order valence-electron chi connectivity index (χ3n) is 6.92. The zero-order valence-corrected chi connectivity index (χ0v) is 16.9. The van der Waals surface area contributed by atoms with Crippen LogP contribution < -0.4 is 4.74 Å². The van der Waals surface area contributed by atoms with Crippen LogP contribution in [0.15, 0.2) is 42.7 Å². The highest BCUT2D eigenvalue weighted by Crippen LogP contribution is 2.44. The van der Waals surface area contributed by atoms with Crippen LogP contribution >= 0.6 is 0 Å². The molecule has 6 nitrogen and oxygen atoms in total. The Hall–Kier alpha value is -2.47. The number of carbonyl (C=O) groups is 1. The Labute approximate surface area is 171 Å². The number of amides is 1. The first-order valence-electron chi connectivity index (χ1n) is 10.7. The fraction of sp³-hybridized carbons (Fsp3) is 0.522. The van der Waals surface area contributed by atoms with Gasteiger partial charge in [0.1, 0.15) is 0 Å². The number of methoxy groups -OCH3 is 1. The van der Waals surface area contributed by atoms with Gasteiger partial charge in [-0.25, -0.2) is 9.97 Å². The third-order valence-corrected chi connectivity index (χ3v) is 6.92. The number of likely N-dealkylation sites (tertiary alicyclic amines) is 1. The molecule has 29 heavy (non-hydrogen) atoms. The SMILES string of the molecule is COc1ncc(C(=O)N2C[C@@H]3C[C@H](C2)[C@@H]2CCC[C@H](c4ccccc4)N2C3)cn1. The van der Waals surface area contributed by atoms with E-state index in [9.17, 15) is 4.79 Å². The van der Waals surface area contributed by atoms with Crippen molar-refractivity contribution in [1.82, 2.24) is 19.8 Å². The van der Waals surface area contributed by atoms with Crippen LogP contribution in [0.4, 0.5) is 0 Å². The normalized spacial score (nSPS) is 29.2. The van der Waals surface area contributed by atoms with Gasteiger partial charge in [0.05, 0.1) is 12.7 Å². The molecule has 0 saturated carbocycles. The van der Waals surface area contributed by atoms with Crippen LogP contribution in [0.2, 0.25) is 0 Å². The van der Waals surface area contributed by atoms with Gasteiger partial charge >= 0.3 is 6.01 Å². The Balaban J connectivity index is 1.33. The Kier molecular flexibility index (Phi) is 4.96. The summed E-state index contributed by atoms with van der Waals surface area (Å²) < 4.78 is 5.01. The summed E-state index contributed by atoms with van der Waals surface area (Å²) in [5.74, 6) is 1.14. The minimum absolute atomic E-state index is 0.0474. The number of ether oxygens (including phenoxy) is 1. The zero-order valence-electron chi connectivity index (χ0n) is 16.9. The van der Waals surface area contributed by atoms with Crippen molar-refractivity contribution < 1.29 is 9.53 Å². The maximum Gasteiger partial charge on any atom is 0.316 e. The lowest BCUT2D eigenvalue weighted by Gasteiger charge is -2.55. The molecule has 0 N–H and O–H groups in total. The first-order valence-corrected chi connectivity index (χ1v) is 10.7. The minimum atomic E-state index is 0.0474. The van der Waals surface area contributed by atoms with Gasteiger partial charge < -0.3 is 9.64 Å². The van der Waals surface area contributed by atoms with E-state index < -0.39 is 0 Å². The van der Waals surface area contributed by atoms with E-state index in [0.29, 0.717) is 35.5 Å². The summed E-state index contributed by atoms with van der Waals surface area (Å²) in [4.78, 5) is 26.1. The second-order valence-corrected chi connectivity index (χ2v) is 8.65. The van der Waals surface area contributed by atoms with Gasteiger partial charge in [-0.1, -0.05) is 30.3 Å². The van der Waals surface area contributed by atoms with E-state index in [1.807, 2.05) is 4.90 Å². The fourth-order valence-electron chi connectivity index (χ4n) is 5.72. The van der Waals surface area contributed by atoms with Crippen LogP contribution in [0.5, 0.6) is 6.01 Å². The molecule has 0 unspecified atom stereocenters. The monoisotopic (exact) mass is 392 g/mol. The lowest BCUT2D eigenvalue weighted by molar-refractivity contribution is -0.0511. The molecule has 3 aliphatic heterocycles. The van der Waals surface area contributed by atoms with Crippen molar-refractivity contribution in [2.75, 3.05) is 26.7 Å². The number of rotatable bonds is 3. The van der Waals surface area contributed by atoms with Crippen molar-refractivity contribution in [2.24, 2.45) is 11.8 Å². The summed E-state index contributed by atoms with van der Waals surface area (Å²) in [5.41, 5.74) is 1.99. The Morgan fingerprint density at radius 3 is 2.62 bits per heavy atom. The summed E-state index contributed by atoms with van der Waals surface area (Å²) in [5, 5.41) is 0. The molecule has 3 fully saturated rings. The van der Waals surface area contributed by atoms with Gasteiger partial charge in [0.2, 0.25) is 0 Å². The molecule has 4 atom stereocenters. The largest absolute Gasteiger partial charge is 0.467 e. The summed E-state index contributed by atoms with van der Waals surface area (Å²) >= 11 is 0. The Morgan fingerprint density at radius 1 is 1.07 bits per heavy atom. The quantitative estimate of drug-likeness (QED) is 0.803. The van der Waals surface area contributed by atoms with Gasteiger partial charge in [0, 0.05) is 44.1 Å². The van der Waals surface area contributed by atoms with Crippen LogP contribution in [0.1, 0.15) is 47.6 Å².